The van der Waals surface area contributed by atoms with Gasteiger partial charge in [0.05, 0.1) is 11.7 Å². The molecule has 0 bridgehead atoms. The highest BCUT2D eigenvalue weighted by atomic mass is 16.5. The molecule has 1 aromatic heterocycles. The molecule has 1 fully saturated rings. The van der Waals surface area contributed by atoms with E-state index in [0.717, 1.165) is 50.1 Å². The monoisotopic (exact) mass is 293 g/mol. The van der Waals surface area contributed by atoms with Crippen LogP contribution in [0, 0.1) is 12.8 Å². The highest BCUT2D eigenvalue weighted by molar-refractivity contribution is 5.77. The summed E-state index contributed by atoms with van der Waals surface area (Å²) in [5.41, 5.74) is 6.49. The SMILES string of the molecule is CCC(CCN)CCC(=O)N1CCCC1c1cc(C)no1. The van der Waals surface area contributed by atoms with Crippen molar-refractivity contribution in [1.29, 1.82) is 0 Å². The van der Waals surface area contributed by atoms with Crippen LogP contribution in [-0.2, 0) is 4.79 Å². The molecule has 1 aliphatic heterocycles. The fourth-order valence-electron chi connectivity index (χ4n) is 3.16. The van der Waals surface area contributed by atoms with E-state index in [1.54, 1.807) is 0 Å². The molecule has 21 heavy (non-hydrogen) atoms. The van der Waals surface area contributed by atoms with Gasteiger partial charge in [0.2, 0.25) is 5.91 Å². The Balaban J connectivity index is 1.91. The minimum Gasteiger partial charge on any atom is -0.359 e. The van der Waals surface area contributed by atoms with Gasteiger partial charge < -0.3 is 15.2 Å². The second-order valence-electron chi connectivity index (χ2n) is 6.01. The molecule has 0 aromatic carbocycles. The van der Waals surface area contributed by atoms with Gasteiger partial charge in [-0.25, -0.2) is 0 Å². The number of aryl methyl sites for hydroxylation is 1. The first-order valence-corrected chi connectivity index (χ1v) is 8.08. The van der Waals surface area contributed by atoms with Crippen LogP contribution >= 0.6 is 0 Å². The number of carbonyl (C=O) groups excluding carboxylic acids is 1. The summed E-state index contributed by atoms with van der Waals surface area (Å²) in [6.45, 7) is 5.61. The van der Waals surface area contributed by atoms with E-state index in [9.17, 15) is 4.79 Å². The second kappa shape index (κ2) is 7.59. The van der Waals surface area contributed by atoms with Crippen LogP contribution in [-0.4, -0.2) is 29.1 Å². The van der Waals surface area contributed by atoms with Gasteiger partial charge in [-0.3, -0.25) is 4.79 Å². The zero-order valence-corrected chi connectivity index (χ0v) is 13.2. The van der Waals surface area contributed by atoms with Crippen molar-refractivity contribution >= 4 is 5.91 Å². The molecule has 2 heterocycles. The van der Waals surface area contributed by atoms with Crippen molar-refractivity contribution in [3.05, 3.63) is 17.5 Å². The van der Waals surface area contributed by atoms with Crippen molar-refractivity contribution in [1.82, 2.24) is 10.1 Å². The average molecular weight is 293 g/mol. The molecule has 5 nitrogen and oxygen atoms in total. The summed E-state index contributed by atoms with van der Waals surface area (Å²) in [4.78, 5) is 14.5. The molecular weight excluding hydrogens is 266 g/mol. The predicted octanol–water partition coefficient (Wildman–Crippen LogP) is 2.80. The number of aromatic nitrogens is 1. The average Bonchev–Trinajstić information content (AvgIpc) is 3.11. The molecule has 0 saturated carbocycles. The van der Waals surface area contributed by atoms with Gasteiger partial charge in [0, 0.05) is 19.0 Å². The molecule has 1 aromatic rings. The largest absolute Gasteiger partial charge is 0.359 e. The Hall–Kier alpha value is -1.36. The first-order chi connectivity index (χ1) is 10.2. The molecular formula is C16H27N3O2. The Morgan fingerprint density at radius 3 is 3.00 bits per heavy atom. The van der Waals surface area contributed by atoms with Crippen LogP contribution in [0.1, 0.15) is 62.9 Å². The lowest BCUT2D eigenvalue weighted by Crippen LogP contribution is -2.30. The lowest BCUT2D eigenvalue weighted by atomic mass is 9.96. The first-order valence-electron chi connectivity index (χ1n) is 8.08. The van der Waals surface area contributed by atoms with E-state index < -0.39 is 0 Å². The van der Waals surface area contributed by atoms with E-state index in [1.807, 2.05) is 17.9 Å². The van der Waals surface area contributed by atoms with Crippen molar-refractivity contribution in [2.24, 2.45) is 11.7 Å². The maximum atomic E-state index is 12.5. The first kappa shape index (κ1) is 16.0. The van der Waals surface area contributed by atoms with Gasteiger partial charge in [-0.1, -0.05) is 18.5 Å². The van der Waals surface area contributed by atoms with Crippen molar-refractivity contribution in [3.63, 3.8) is 0 Å². The van der Waals surface area contributed by atoms with Gasteiger partial charge in [-0.15, -0.1) is 0 Å². The maximum absolute atomic E-state index is 12.5. The number of hydrogen-bond donors (Lipinski definition) is 1. The minimum atomic E-state index is 0.0771. The fraction of sp³-hybridized carbons (Fsp3) is 0.750. The number of nitrogens with two attached hydrogens (primary N) is 1. The fourth-order valence-corrected chi connectivity index (χ4v) is 3.16. The van der Waals surface area contributed by atoms with E-state index in [2.05, 4.69) is 12.1 Å². The van der Waals surface area contributed by atoms with Crippen molar-refractivity contribution in [2.45, 2.75) is 58.4 Å². The summed E-state index contributed by atoms with van der Waals surface area (Å²) < 4.78 is 5.35. The molecule has 1 aliphatic rings. The Morgan fingerprint density at radius 1 is 1.57 bits per heavy atom. The van der Waals surface area contributed by atoms with Gasteiger partial charge >= 0.3 is 0 Å². The quantitative estimate of drug-likeness (QED) is 0.839. The molecule has 2 rings (SSSR count). The Labute approximate surface area is 126 Å². The van der Waals surface area contributed by atoms with Gasteiger partial charge in [0.15, 0.2) is 5.76 Å². The molecule has 0 spiro atoms. The highest BCUT2D eigenvalue weighted by Crippen LogP contribution is 2.33. The summed E-state index contributed by atoms with van der Waals surface area (Å²) in [5, 5.41) is 3.94. The molecule has 1 amide bonds. The van der Waals surface area contributed by atoms with E-state index in [1.165, 1.54) is 0 Å². The van der Waals surface area contributed by atoms with Crippen LogP contribution in [0.4, 0.5) is 0 Å². The van der Waals surface area contributed by atoms with Crippen molar-refractivity contribution in [2.75, 3.05) is 13.1 Å². The number of carbonyl (C=O) groups is 1. The Kier molecular flexibility index (Phi) is 5.79. The van der Waals surface area contributed by atoms with Crippen LogP contribution in [0.3, 0.4) is 0 Å². The van der Waals surface area contributed by atoms with Crippen LogP contribution in [0.5, 0.6) is 0 Å². The van der Waals surface area contributed by atoms with Crippen LogP contribution in [0.2, 0.25) is 0 Å². The highest BCUT2D eigenvalue weighted by Gasteiger charge is 2.32. The van der Waals surface area contributed by atoms with Gasteiger partial charge in [-0.2, -0.15) is 0 Å². The zero-order chi connectivity index (χ0) is 15.2. The Morgan fingerprint density at radius 2 is 2.38 bits per heavy atom. The molecule has 2 atom stereocenters. The van der Waals surface area contributed by atoms with Gasteiger partial charge in [-0.05, 0) is 45.1 Å². The van der Waals surface area contributed by atoms with Crippen molar-refractivity contribution < 1.29 is 9.32 Å². The molecule has 0 radical (unpaired) electrons. The second-order valence-corrected chi connectivity index (χ2v) is 6.01. The van der Waals surface area contributed by atoms with Crippen LogP contribution in [0.15, 0.2) is 10.6 Å². The number of nitrogens with zero attached hydrogens (tertiary/aromatic N) is 2. The molecule has 2 unspecified atom stereocenters. The third-order valence-corrected chi connectivity index (χ3v) is 4.47. The molecule has 2 N–H and O–H groups in total. The lowest BCUT2D eigenvalue weighted by Gasteiger charge is -2.23. The normalized spacial score (nSPS) is 20.0. The molecule has 1 saturated heterocycles. The standard InChI is InChI=1S/C16H27N3O2/c1-3-13(8-9-17)6-7-16(20)19-10-4-5-14(19)15-11-12(2)18-21-15/h11,13-14H,3-10,17H2,1-2H3. The number of likely N-dealkylation sites (tertiary alicyclic amines) is 1. The minimum absolute atomic E-state index is 0.0771. The smallest absolute Gasteiger partial charge is 0.223 e. The lowest BCUT2D eigenvalue weighted by molar-refractivity contribution is -0.132. The van der Waals surface area contributed by atoms with E-state index >= 15 is 0 Å². The van der Waals surface area contributed by atoms with E-state index in [0.29, 0.717) is 18.9 Å². The maximum Gasteiger partial charge on any atom is 0.223 e. The van der Waals surface area contributed by atoms with Crippen molar-refractivity contribution in [3.8, 4) is 0 Å². The number of rotatable bonds is 7. The predicted molar refractivity (Wildman–Crippen MR) is 81.6 cm³/mol. The third-order valence-electron chi connectivity index (χ3n) is 4.47. The molecule has 118 valence electrons. The van der Waals surface area contributed by atoms with E-state index in [-0.39, 0.29) is 11.9 Å². The summed E-state index contributed by atoms with van der Waals surface area (Å²) in [6, 6.07) is 2.02. The summed E-state index contributed by atoms with van der Waals surface area (Å²) >= 11 is 0. The summed E-state index contributed by atoms with van der Waals surface area (Å²) in [6.07, 6.45) is 5.66. The third kappa shape index (κ3) is 4.06. The van der Waals surface area contributed by atoms with E-state index in [4.69, 9.17) is 10.3 Å². The zero-order valence-electron chi connectivity index (χ0n) is 13.2. The molecule has 0 aliphatic carbocycles. The number of amides is 1. The summed E-state index contributed by atoms with van der Waals surface area (Å²) in [7, 11) is 0. The van der Waals surface area contributed by atoms with Crippen LogP contribution in [0.25, 0.3) is 0 Å². The number of hydrogen-bond acceptors (Lipinski definition) is 4. The van der Waals surface area contributed by atoms with Crippen LogP contribution < -0.4 is 5.73 Å². The van der Waals surface area contributed by atoms with Gasteiger partial charge in [0.25, 0.3) is 0 Å². The topological polar surface area (TPSA) is 72.4 Å². The van der Waals surface area contributed by atoms with Gasteiger partial charge in [0.1, 0.15) is 0 Å². The molecule has 5 heteroatoms. The Bertz CT molecular complexity index is 458. The summed E-state index contributed by atoms with van der Waals surface area (Å²) in [5.74, 6) is 1.63.